The highest BCUT2D eigenvalue weighted by molar-refractivity contribution is 7.47. The molecule has 6 heteroatoms. The number of phosphoric acid groups is 1. The summed E-state index contributed by atoms with van der Waals surface area (Å²) in [5.41, 5.74) is 2.67. The third-order valence-corrected chi connectivity index (χ3v) is 8.55. The summed E-state index contributed by atoms with van der Waals surface area (Å²) < 4.78 is 22.9. The topological polar surface area (TPSA) is 67.8 Å². The van der Waals surface area contributed by atoms with Crippen molar-refractivity contribution in [2.24, 2.45) is 5.92 Å². The van der Waals surface area contributed by atoms with Crippen molar-refractivity contribution in [1.82, 2.24) is 5.48 Å². The second kappa shape index (κ2) is 30.0. The van der Waals surface area contributed by atoms with Crippen LogP contribution in [0.15, 0.2) is 0 Å². The molecule has 0 rings (SSSR count). The van der Waals surface area contributed by atoms with Crippen molar-refractivity contribution in [2.45, 2.75) is 188 Å². The third-order valence-electron chi connectivity index (χ3n) is 7.72. The molecule has 0 bridgehead atoms. The van der Waals surface area contributed by atoms with Crippen molar-refractivity contribution < 1.29 is 18.6 Å². The number of nitrogens with one attached hydrogen (secondary N) is 1. The van der Waals surface area contributed by atoms with Gasteiger partial charge in [-0.3, -0.25) is 4.52 Å². The van der Waals surface area contributed by atoms with Gasteiger partial charge in [-0.05, 0) is 25.2 Å². The molecular weight excluding hydrogens is 493 g/mol. The maximum Gasteiger partial charge on any atom is 0.488 e. The van der Waals surface area contributed by atoms with Gasteiger partial charge in [0.2, 0.25) is 0 Å². The van der Waals surface area contributed by atoms with Crippen LogP contribution in [0.1, 0.15) is 188 Å². The average Bonchev–Trinajstić information content (AvgIpc) is 2.90. The van der Waals surface area contributed by atoms with E-state index in [0.29, 0.717) is 19.1 Å². The van der Waals surface area contributed by atoms with Crippen LogP contribution < -0.4 is 5.48 Å². The van der Waals surface area contributed by atoms with Crippen molar-refractivity contribution in [3.8, 4) is 0 Å². The zero-order valence-electron chi connectivity index (χ0n) is 26.0. The minimum Gasteiger partial charge on any atom is -0.301 e. The summed E-state index contributed by atoms with van der Waals surface area (Å²) in [6.07, 6.45) is 33.0. The summed E-state index contributed by atoms with van der Waals surface area (Å²) in [5.74, 6) is 0.340. The molecule has 0 spiro atoms. The first-order valence-corrected chi connectivity index (χ1v) is 18.4. The Kier molecular flexibility index (Phi) is 30.1. The van der Waals surface area contributed by atoms with Crippen LogP contribution in [-0.2, 0) is 13.7 Å². The van der Waals surface area contributed by atoms with Crippen LogP contribution in [0.2, 0.25) is 0 Å². The van der Waals surface area contributed by atoms with Crippen LogP contribution in [0.5, 0.6) is 0 Å². The summed E-state index contributed by atoms with van der Waals surface area (Å²) in [6.45, 7) is 7.65. The lowest BCUT2D eigenvalue weighted by Gasteiger charge is -2.19. The van der Waals surface area contributed by atoms with Gasteiger partial charge in [0.05, 0.1) is 6.61 Å². The highest BCUT2D eigenvalue weighted by Crippen LogP contribution is 2.43. The predicted molar refractivity (Wildman–Crippen MR) is 165 cm³/mol. The van der Waals surface area contributed by atoms with Crippen LogP contribution in [0.25, 0.3) is 0 Å². The Labute approximate surface area is 238 Å². The van der Waals surface area contributed by atoms with Gasteiger partial charge in [-0.1, -0.05) is 168 Å². The van der Waals surface area contributed by atoms with Gasteiger partial charge in [-0.2, -0.15) is 10.1 Å². The molecule has 2 unspecified atom stereocenters. The highest BCUT2D eigenvalue weighted by atomic mass is 31.2. The Morgan fingerprint density at radius 1 is 0.553 bits per heavy atom. The monoisotopic (exact) mass is 561 g/mol. The fourth-order valence-electron chi connectivity index (χ4n) is 5.13. The second-order valence-electron chi connectivity index (χ2n) is 11.6. The van der Waals surface area contributed by atoms with Crippen LogP contribution >= 0.6 is 7.82 Å². The fraction of sp³-hybridized carbons (Fsp3) is 1.00. The normalized spacial score (nSPS) is 14.1. The van der Waals surface area contributed by atoms with Crippen LogP contribution in [-0.4, -0.2) is 18.0 Å². The van der Waals surface area contributed by atoms with Gasteiger partial charge in [0.1, 0.15) is 0 Å². The van der Waals surface area contributed by atoms with Crippen LogP contribution in [0.3, 0.4) is 0 Å². The lowest BCUT2D eigenvalue weighted by molar-refractivity contribution is 0.0826. The molecule has 2 N–H and O–H groups in total. The van der Waals surface area contributed by atoms with Crippen LogP contribution in [0.4, 0.5) is 0 Å². The largest absolute Gasteiger partial charge is 0.488 e. The zero-order chi connectivity index (χ0) is 28.0. The maximum absolute atomic E-state index is 12.4. The van der Waals surface area contributed by atoms with Gasteiger partial charge in [-0.25, -0.2) is 4.57 Å². The minimum absolute atomic E-state index is 0.320. The van der Waals surface area contributed by atoms with E-state index in [-0.39, 0.29) is 0 Å². The molecule has 5 nitrogen and oxygen atoms in total. The van der Waals surface area contributed by atoms with Gasteiger partial charge >= 0.3 is 7.82 Å². The Morgan fingerprint density at radius 3 is 1.29 bits per heavy atom. The molecule has 2 atom stereocenters. The van der Waals surface area contributed by atoms with E-state index in [9.17, 15) is 9.46 Å². The molecule has 0 aromatic carbocycles. The molecular formula is C32H68NO4P. The summed E-state index contributed by atoms with van der Waals surface area (Å²) in [5, 5.41) is 0. The van der Waals surface area contributed by atoms with Crippen molar-refractivity contribution in [1.29, 1.82) is 0 Å². The van der Waals surface area contributed by atoms with Gasteiger partial charge < -0.3 is 4.89 Å². The summed E-state index contributed by atoms with van der Waals surface area (Å²) in [7, 11) is -4.05. The average molecular weight is 562 g/mol. The standard InChI is InChI=1S/C32H68NO4P/c1-4-7-10-13-16-18-19-21-23-26-29-32(28-25-22-20-17-14-11-8-5-2)31-36-38(34,35)37-33-30-27-24-15-12-9-6-3/h32-33H,4-31H2,1-3H3,(H,34,35). The highest BCUT2D eigenvalue weighted by Gasteiger charge is 2.23. The van der Waals surface area contributed by atoms with Crippen molar-refractivity contribution >= 4 is 7.82 Å². The van der Waals surface area contributed by atoms with Crippen molar-refractivity contribution in [3.63, 3.8) is 0 Å². The van der Waals surface area contributed by atoms with E-state index in [1.54, 1.807) is 0 Å². The smallest absolute Gasteiger partial charge is 0.301 e. The lowest BCUT2D eigenvalue weighted by atomic mass is 9.94. The number of hydroxylamine groups is 1. The fourth-order valence-corrected chi connectivity index (χ4v) is 5.84. The Morgan fingerprint density at radius 2 is 0.895 bits per heavy atom. The van der Waals surface area contributed by atoms with Gasteiger partial charge in [0, 0.05) is 6.54 Å². The molecule has 0 saturated carbocycles. The molecule has 0 radical (unpaired) electrons. The van der Waals surface area contributed by atoms with Crippen molar-refractivity contribution in [3.05, 3.63) is 0 Å². The van der Waals surface area contributed by atoms with E-state index >= 15 is 0 Å². The first-order valence-electron chi connectivity index (χ1n) is 16.9. The molecule has 0 aliphatic heterocycles. The summed E-state index contributed by atoms with van der Waals surface area (Å²) >= 11 is 0. The van der Waals surface area contributed by atoms with E-state index in [1.807, 2.05) is 0 Å². The van der Waals surface area contributed by atoms with E-state index in [2.05, 4.69) is 26.3 Å². The summed E-state index contributed by atoms with van der Waals surface area (Å²) in [6, 6.07) is 0. The molecule has 0 fully saturated rings. The number of unbranched alkanes of at least 4 members (excludes halogenated alkanes) is 21. The molecule has 0 aromatic rings. The van der Waals surface area contributed by atoms with Gasteiger partial charge in [0.25, 0.3) is 0 Å². The van der Waals surface area contributed by atoms with E-state index in [1.165, 1.54) is 141 Å². The van der Waals surface area contributed by atoms with Gasteiger partial charge in [-0.15, -0.1) is 0 Å². The number of hydrogen-bond donors (Lipinski definition) is 2. The van der Waals surface area contributed by atoms with Gasteiger partial charge in [0.15, 0.2) is 0 Å². The predicted octanol–water partition coefficient (Wildman–Crippen LogP) is 11.4. The quantitative estimate of drug-likeness (QED) is 0.0485. The van der Waals surface area contributed by atoms with E-state index < -0.39 is 7.82 Å². The van der Waals surface area contributed by atoms with E-state index in [0.717, 1.165) is 25.7 Å². The molecule has 38 heavy (non-hydrogen) atoms. The first-order chi connectivity index (χ1) is 18.6. The molecule has 0 aliphatic rings. The maximum atomic E-state index is 12.4. The molecule has 0 saturated heterocycles. The zero-order valence-corrected chi connectivity index (χ0v) is 26.9. The molecule has 230 valence electrons. The van der Waals surface area contributed by atoms with Crippen LogP contribution in [0, 0.1) is 5.92 Å². The number of rotatable bonds is 32. The second-order valence-corrected chi connectivity index (χ2v) is 13.0. The summed E-state index contributed by atoms with van der Waals surface area (Å²) in [4.78, 5) is 10.1. The lowest BCUT2D eigenvalue weighted by Crippen LogP contribution is -2.17. The Balaban J connectivity index is 4.17. The molecule has 0 heterocycles. The third kappa shape index (κ3) is 29.1. The molecule has 0 amide bonds. The molecule has 0 aliphatic carbocycles. The SMILES string of the molecule is CCCCCCCCCCCCC(CCCCCCCCCC)COP(=O)(O)ONCCCCCCCC. The van der Waals surface area contributed by atoms with Crippen molar-refractivity contribution in [2.75, 3.05) is 13.2 Å². The Bertz CT molecular complexity index is 506. The molecule has 0 aromatic heterocycles. The first kappa shape index (κ1) is 38.1. The number of phosphoric ester groups is 1. The minimum atomic E-state index is -4.05. The Hall–Kier alpha value is 0.0700. The van der Waals surface area contributed by atoms with E-state index in [4.69, 9.17) is 9.15 Å². The number of hydrogen-bond acceptors (Lipinski definition) is 4.